The lowest BCUT2D eigenvalue weighted by atomic mass is 10.3. The number of hydrogen-bond donors (Lipinski definition) is 5. The van der Waals surface area contributed by atoms with Gasteiger partial charge >= 0.3 is 5.91 Å². The molecule has 7 nitrogen and oxygen atoms in total. The summed E-state index contributed by atoms with van der Waals surface area (Å²) in [5.74, 6) is 3.16. The zero-order valence-corrected chi connectivity index (χ0v) is 7.31. The van der Waals surface area contributed by atoms with Gasteiger partial charge in [0, 0.05) is 6.42 Å². The van der Waals surface area contributed by atoms with E-state index in [-0.39, 0.29) is 5.91 Å². The van der Waals surface area contributed by atoms with E-state index in [0.717, 1.165) is 0 Å². The highest BCUT2D eigenvalue weighted by Crippen LogP contribution is 1.83. The minimum atomic E-state index is -0.795. The van der Waals surface area contributed by atoms with Gasteiger partial charge in [-0.05, 0) is 6.42 Å². The fourth-order valence-electron chi connectivity index (χ4n) is 0.551. The molecule has 0 saturated carbocycles. The maximum Gasteiger partial charge on any atom is 0.301 e. The molecule has 0 aromatic rings. The van der Waals surface area contributed by atoms with Crippen molar-refractivity contribution >= 4 is 17.6 Å². The normalized spacial score (nSPS) is 8.77. The molecule has 13 heavy (non-hydrogen) atoms. The number of rotatable bonds is 2. The van der Waals surface area contributed by atoms with E-state index >= 15 is 0 Å². The molecule has 0 aliphatic heterocycles. The number of nitrogens with two attached hydrogens (primary N) is 1. The van der Waals surface area contributed by atoms with Crippen molar-refractivity contribution in [3.8, 4) is 0 Å². The minimum absolute atomic E-state index is 0.280. The van der Waals surface area contributed by atoms with E-state index in [9.17, 15) is 9.59 Å². The fourth-order valence-corrected chi connectivity index (χ4v) is 0.551. The smallest absolute Gasteiger partial charge is 0.287 e. The maximum atomic E-state index is 10.8. The molecule has 0 unspecified atom stereocenters. The molecular formula is C6H13N5O2. The van der Waals surface area contributed by atoms with E-state index in [1.807, 2.05) is 6.92 Å². The first-order valence-electron chi connectivity index (χ1n) is 3.76. The maximum absolute atomic E-state index is 10.8. The van der Waals surface area contributed by atoms with Crippen LogP contribution in [-0.4, -0.2) is 17.6 Å². The van der Waals surface area contributed by atoms with Crippen LogP contribution in [0.5, 0.6) is 0 Å². The average molecular weight is 187 g/mol. The number of carbonyl (C=O) groups is 2. The highest BCUT2D eigenvalue weighted by Gasteiger charge is 2.07. The van der Waals surface area contributed by atoms with Crippen LogP contribution in [-0.2, 0) is 9.59 Å². The van der Waals surface area contributed by atoms with Gasteiger partial charge in [-0.1, -0.05) is 6.92 Å². The lowest BCUT2D eigenvalue weighted by Gasteiger charge is -2.06. The summed E-state index contributed by atoms with van der Waals surface area (Å²) in [4.78, 5) is 21.4. The van der Waals surface area contributed by atoms with Crippen molar-refractivity contribution in [2.24, 2.45) is 5.84 Å². The summed E-state index contributed by atoms with van der Waals surface area (Å²) < 4.78 is 0. The second-order valence-corrected chi connectivity index (χ2v) is 2.27. The summed E-state index contributed by atoms with van der Waals surface area (Å²) in [5, 5.41) is 7.00. The van der Waals surface area contributed by atoms with Gasteiger partial charge in [-0.2, -0.15) is 0 Å². The lowest BCUT2D eigenvalue weighted by molar-refractivity contribution is -0.121. The van der Waals surface area contributed by atoms with Gasteiger partial charge in [0.2, 0.25) is 11.7 Å². The first kappa shape index (κ1) is 11.4. The molecule has 74 valence electrons. The van der Waals surface area contributed by atoms with Crippen molar-refractivity contribution in [3.05, 3.63) is 0 Å². The van der Waals surface area contributed by atoms with E-state index in [1.54, 1.807) is 5.43 Å². The molecule has 0 bridgehead atoms. The van der Waals surface area contributed by atoms with Crippen LogP contribution < -0.4 is 22.1 Å². The number of hydrogen-bond acceptors (Lipinski definition) is 4. The van der Waals surface area contributed by atoms with Crippen LogP contribution in [0, 0.1) is 5.41 Å². The zero-order chi connectivity index (χ0) is 10.3. The van der Waals surface area contributed by atoms with Gasteiger partial charge in [-0.25, -0.2) is 5.84 Å². The number of amides is 2. The summed E-state index contributed by atoms with van der Waals surface area (Å²) in [5.41, 5.74) is 6.02. The Labute approximate surface area is 75.5 Å². The van der Waals surface area contributed by atoms with Gasteiger partial charge < -0.3 is 0 Å². The molecular weight excluding hydrogens is 174 g/mol. The monoisotopic (exact) mass is 187 g/mol. The van der Waals surface area contributed by atoms with Crippen LogP contribution in [0.1, 0.15) is 19.8 Å². The molecule has 6 N–H and O–H groups in total. The Morgan fingerprint density at radius 3 is 2.46 bits per heavy atom. The second-order valence-electron chi connectivity index (χ2n) is 2.27. The largest absolute Gasteiger partial charge is 0.301 e. The van der Waals surface area contributed by atoms with Gasteiger partial charge in [0.25, 0.3) is 0 Å². The van der Waals surface area contributed by atoms with Crippen LogP contribution >= 0.6 is 0 Å². The molecule has 0 aliphatic carbocycles. The van der Waals surface area contributed by atoms with Crippen molar-refractivity contribution < 1.29 is 9.59 Å². The summed E-state index contributed by atoms with van der Waals surface area (Å²) in [6, 6.07) is 0. The molecule has 0 spiro atoms. The molecule has 0 atom stereocenters. The summed E-state index contributed by atoms with van der Waals surface area (Å²) in [6.45, 7) is 1.84. The molecule has 7 heteroatoms. The van der Waals surface area contributed by atoms with Crippen LogP contribution in [0.15, 0.2) is 0 Å². The topological polar surface area (TPSA) is 120 Å². The predicted octanol–water partition coefficient (Wildman–Crippen LogP) is -1.63. The Morgan fingerprint density at radius 1 is 1.38 bits per heavy atom. The van der Waals surface area contributed by atoms with Crippen LogP contribution in [0.25, 0.3) is 0 Å². The van der Waals surface area contributed by atoms with Crippen molar-refractivity contribution in [1.82, 2.24) is 16.3 Å². The van der Waals surface area contributed by atoms with Gasteiger partial charge in [0.15, 0.2) is 0 Å². The predicted molar refractivity (Wildman–Crippen MR) is 46.2 cm³/mol. The quantitative estimate of drug-likeness (QED) is 0.117. The van der Waals surface area contributed by atoms with Crippen LogP contribution in [0.2, 0.25) is 0 Å². The number of nitrogens with one attached hydrogen (secondary N) is 4. The van der Waals surface area contributed by atoms with Gasteiger partial charge in [-0.3, -0.25) is 31.3 Å². The Balaban J connectivity index is 3.70. The number of amidine groups is 1. The average Bonchev–Trinajstić information content (AvgIpc) is 2.13. The third-order valence-corrected chi connectivity index (χ3v) is 1.16. The first-order valence-corrected chi connectivity index (χ1v) is 3.76. The van der Waals surface area contributed by atoms with E-state index in [0.29, 0.717) is 12.8 Å². The molecule has 0 heterocycles. The third kappa shape index (κ3) is 4.75. The molecule has 0 saturated heterocycles. The van der Waals surface area contributed by atoms with Gasteiger partial charge in [0.1, 0.15) is 0 Å². The van der Waals surface area contributed by atoms with Crippen LogP contribution in [0.4, 0.5) is 0 Å². The lowest BCUT2D eigenvalue weighted by Crippen LogP contribution is -2.49. The van der Waals surface area contributed by atoms with Crippen molar-refractivity contribution in [2.45, 2.75) is 19.8 Å². The highest BCUT2D eigenvalue weighted by molar-refractivity contribution is 6.36. The summed E-state index contributed by atoms with van der Waals surface area (Å²) >= 11 is 0. The first-order chi connectivity index (χ1) is 6.11. The van der Waals surface area contributed by atoms with E-state index < -0.39 is 11.7 Å². The fraction of sp³-hybridized carbons (Fsp3) is 0.500. The molecule has 0 radical (unpaired) electrons. The zero-order valence-electron chi connectivity index (χ0n) is 7.31. The minimum Gasteiger partial charge on any atom is -0.287 e. The molecule has 0 rings (SSSR count). The Hall–Kier alpha value is -1.63. The Kier molecular flexibility index (Phi) is 5.20. The second kappa shape index (κ2) is 5.95. The molecule has 0 aromatic carbocycles. The van der Waals surface area contributed by atoms with Crippen molar-refractivity contribution in [1.29, 1.82) is 5.41 Å². The van der Waals surface area contributed by atoms with Crippen LogP contribution in [0.3, 0.4) is 0 Å². The van der Waals surface area contributed by atoms with Crippen molar-refractivity contribution in [3.63, 3.8) is 0 Å². The molecule has 0 aliphatic rings. The van der Waals surface area contributed by atoms with E-state index in [2.05, 4.69) is 10.9 Å². The molecule has 2 amide bonds. The van der Waals surface area contributed by atoms with E-state index in [4.69, 9.17) is 11.3 Å². The number of carbonyl (C=O) groups excluding carboxylic acids is 2. The van der Waals surface area contributed by atoms with E-state index in [1.165, 1.54) is 0 Å². The molecule has 0 aromatic heterocycles. The number of hydrazine groups is 2. The molecule has 0 fully saturated rings. The van der Waals surface area contributed by atoms with Gasteiger partial charge in [-0.15, -0.1) is 0 Å². The Morgan fingerprint density at radius 2 is 2.00 bits per heavy atom. The summed E-state index contributed by atoms with van der Waals surface area (Å²) in [7, 11) is 0. The SMILES string of the molecule is CCCC(=O)NNC(=N)C(=O)NN. The highest BCUT2D eigenvalue weighted by atomic mass is 16.2. The Bertz CT molecular complexity index is 215. The van der Waals surface area contributed by atoms with Gasteiger partial charge in [0.05, 0.1) is 0 Å². The summed E-state index contributed by atoms with van der Waals surface area (Å²) in [6.07, 6.45) is 1.04. The van der Waals surface area contributed by atoms with Crippen molar-refractivity contribution in [2.75, 3.05) is 0 Å². The standard InChI is InChI=1S/C6H13N5O2/c1-2-3-4(12)10-11-5(7)6(13)9-8/h2-3,8H2,1H3,(H2,7,11)(H,9,13)(H,10,12). The third-order valence-electron chi connectivity index (χ3n) is 1.16.